The maximum absolute atomic E-state index is 9.75. The zero-order valence-corrected chi connectivity index (χ0v) is 9.11. The standard InChI is InChI=1S/C8H17NO.BF4/c1-3-8(4-2)7-9-5-6-10-8;2-1(3,4)5/h9H,3-7H2,1-2H3;/q;-1/p+1. The third-order valence-electron chi connectivity index (χ3n) is 2.54. The molecule has 0 aromatic rings. The van der Waals surface area contributed by atoms with Crippen molar-refractivity contribution in [2.45, 2.75) is 32.3 Å². The summed E-state index contributed by atoms with van der Waals surface area (Å²) < 4.78 is 44.7. The molecule has 2 N–H and O–H groups in total. The lowest BCUT2D eigenvalue weighted by Gasteiger charge is -2.33. The van der Waals surface area contributed by atoms with Crippen LogP contribution in [0.5, 0.6) is 0 Å². The molecule has 0 aliphatic carbocycles. The maximum Gasteiger partial charge on any atom is 0.673 e. The number of morpholine rings is 1. The first-order valence-electron chi connectivity index (χ1n) is 5.16. The molecule has 0 radical (unpaired) electrons. The molecule has 92 valence electrons. The van der Waals surface area contributed by atoms with Gasteiger partial charge in [-0.3, -0.25) is 0 Å². The molecule has 15 heavy (non-hydrogen) atoms. The van der Waals surface area contributed by atoms with Crippen LogP contribution in [0.15, 0.2) is 0 Å². The lowest BCUT2D eigenvalue weighted by atomic mass is 9.96. The Kier molecular flexibility index (Phi) is 6.20. The van der Waals surface area contributed by atoms with Crippen molar-refractivity contribution in [2.24, 2.45) is 0 Å². The van der Waals surface area contributed by atoms with E-state index in [2.05, 4.69) is 19.2 Å². The lowest BCUT2D eigenvalue weighted by molar-refractivity contribution is -0.686. The minimum absolute atomic E-state index is 0.207. The Hall–Kier alpha value is -0.295. The normalized spacial score (nSPS) is 20.4. The van der Waals surface area contributed by atoms with E-state index in [1.807, 2.05) is 0 Å². The molecule has 0 unspecified atom stereocenters. The molecule has 1 rings (SSSR count). The summed E-state index contributed by atoms with van der Waals surface area (Å²) in [6.07, 6.45) is 2.31. The number of halogens is 4. The fraction of sp³-hybridized carbons (Fsp3) is 1.00. The number of ether oxygens (including phenoxy) is 1. The predicted octanol–water partition coefficient (Wildman–Crippen LogP) is 1.44. The molecule has 7 heteroatoms. The van der Waals surface area contributed by atoms with Crippen molar-refractivity contribution in [3.8, 4) is 0 Å². The van der Waals surface area contributed by atoms with E-state index >= 15 is 0 Å². The van der Waals surface area contributed by atoms with E-state index in [4.69, 9.17) is 4.74 Å². The Balaban J connectivity index is 0.000000336. The summed E-state index contributed by atoms with van der Waals surface area (Å²) in [4.78, 5) is 0. The van der Waals surface area contributed by atoms with Gasteiger partial charge in [0.2, 0.25) is 0 Å². The number of hydrogen-bond donors (Lipinski definition) is 1. The molecule has 1 saturated heterocycles. The van der Waals surface area contributed by atoms with Crippen molar-refractivity contribution in [2.75, 3.05) is 19.7 Å². The minimum atomic E-state index is -6.00. The van der Waals surface area contributed by atoms with E-state index in [0.29, 0.717) is 0 Å². The topological polar surface area (TPSA) is 25.8 Å². The Labute approximate surface area is 87.5 Å². The monoisotopic (exact) mass is 231 g/mol. The van der Waals surface area contributed by atoms with Crippen LogP contribution in [0.3, 0.4) is 0 Å². The van der Waals surface area contributed by atoms with Crippen molar-refractivity contribution < 1.29 is 27.3 Å². The first-order valence-corrected chi connectivity index (χ1v) is 5.16. The summed E-state index contributed by atoms with van der Waals surface area (Å²) in [5, 5.41) is 2.36. The minimum Gasteiger partial charge on any atom is -0.418 e. The van der Waals surface area contributed by atoms with Gasteiger partial charge in [-0.05, 0) is 12.8 Å². The first-order chi connectivity index (χ1) is 6.83. The summed E-state index contributed by atoms with van der Waals surface area (Å²) in [6.45, 7) is 7.65. The molecule has 1 fully saturated rings. The Morgan fingerprint density at radius 2 is 1.67 bits per heavy atom. The van der Waals surface area contributed by atoms with E-state index < -0.39 is 7.25 Å². The highest BCUT2D eigenvalue weighted by atomic mass is 19.5. The zero-order chi connectivity index (χ0) is 11.9. The van der Waals surface area contributed by atoms with Crippen LogP contribution in [0.1, 0.15) is 26.7 Å². The molecule has 0 atom stereocenters. The molecule has 0 bridgehead atoms. The summed E-state index contributed by atoms with van der Waals surface area (Å²) in [5.41, 5.74) is 0.207. The second-order valence-electron chi connectivity index (χ2n) is 3.51. The summed E-state index contributed by atoms with van der Waals surface area (Å²) in [6, 6.07) is 0. The third-order valence-corrected chi connectivity index (χ3v) is 2.54. The molecule has 0 amide bonds. The van der Waals surface area contributed by atoms with Gasteiger partial charge in [-0.2, -0.15) is 0 Å². The molecule has 0 aromatic heterocycles. The first kappa shape index (κ1) is 14.7. The third kappa shape index (κ3) is 7.61. The number of rotatable bonds is 2. The fourth-order valence-electron chi connectivity index (χ4n) is 1.53. The van der Waals surface area contributed by atoms with Crippen LogP contribution in [-0.2, 0) is 4.74 Å². The molecule has 0 saturated carbocycles. The van der Waals surface area contributed by atoms with Gasteiger partial charge in [0.15, 0.2) is 0 Å². The van der Waals surface area contributed by atoms with Crippen LogP contribution in [0.4, 0.5) is 17.3 Å². The highest BCUT2D eigenvalue weighted by molar-refractivity contribution is 6.50. The highest BCUT2D eigenvalue weighted by Crippen LogP contribution is 2.18. The Bertz CT molecular complexity index is 159. The molecule has 0 aromatic carbocycles. The van der Waals surface area contributed by atoms with E-state index in [1.165, 1.54) is 0 Å². The number of quaternary nitrogens is 1. The SMILES string of the molecule is CCC1(CC)C[NH2+]CCO1.F[B-](F)(F)F. The maximum atomic E-state index is 9.75. The van der Waals surface area contributed by atoms with Gasteiger partial charge in [0.1, 0.15) is 12.1 Å². The van der Waals surface area contributed by atoms with Gasteiger partial charge in [0, 0.05) is 0 Å². The van der Waals surface area contributed by atoms with Gasteiger partial charge < -0.3 is 27.3 Å². The van der Waals surface area contributed by atoms with Gasteiger partial charge in [-0.1, -0.05) is 13.8 Å². The summed E-state index contributed by atoms with van der Waals surface area (Å²) in [7, 11) is -6.00. The van der Waals surface area contributed by atoms with Gasteiger partial charge in [-0.25, -0.2) is 0 Å². The fourth-order valence-corrected chi connectivity index (χ4v) is 1.53. The van der Waals surface area contributed by atoms with Gasteiger partial charge in [-0.15, -0.1) is 0 Å². The average molecular weight is 231 g/mol. The van der Waals surface area contributed by atoms with Crippen LogP contribution < -0.4 is 5.32 Å². The largest absolute Gasteiger partial charge is 0.673 e. The van der Waals surface area contributed by atoms with Crippen LogP contribution in [0.2, 0.25) is 0 Å². The van der Waals surface area contributed by atoms with E-state index in [0.717, 1.165) is 32.5 Å². The zero-order valence-electron chi connectivity index (χ0n) is 9.11. The number of hydrogen-bond acceptors (Lipinski definition) is 1. The van der Waals surface area contributed by atoms with Crippen molar-refractivity contribution in [1.82, 2.24) is 0 Å². The molecule has 1 aliphatic rings. The highest BCUT2D eigenvalue weighted by Gasteiger charge is 2.31. The molecule has 1 heterocycles. The van der Waals surface area contributed by atoms with Crippen LogP contribution in [0.25, 0.3) is 0 Å². The molecular weight excluding hydrogens is 213 g/mol. The van der Waals surface area contributed by atoms with E-state index in [1.54, 1.807) is 0 Å². The van der Waals surface area contributed by atoms with Crippen molar-refractivity contribution >= 4 is 7.25 Å². The molecule has 2 nitrogen and oxygen atoms in total. The molecule has 1 aliphatic heterocycles. The molecular formula is C8H18BF4NO. The van der Waals surface area contributed by atoms with E-state index in [9.17, 15) is 17.3 Å². The molecule has 0 spiro atoms. The smallest absolute Gasteiger partial charge is 0.418 e. The summed E-state index contributed by atoms with van der Waals surface area (Å²) >= 11 is 0. The Morgan fingerprint density at radius 1 is 1.20 bits per heavy atom. The van der Waals surface area contributed by atoms with Crippen LogP contribution >= 0.6 is 0 Å². The van der Waals surface area contributed by atoms with Crippen LogP contribution in [-0.4, -0.2) is 32.6 Å². The van der Waals surface area contributed by atoms with Crippen molar-refractivity contribution in [1.29, 1.82) is 0 Å². The average Bonchev–Trinajstić information content (AvgIpc) is 2.16. The predicted molar refractivity (Wildman–Crippen MR) is 51.1 cm³/mol. The summed E-state index contributed by atoms with van der Waals surface area (Å²) in [5.74, 6) is 0. The van der Waals surface area contributed by atoms with E-state index in [-0.39, 0.29) is 5.60 Å². The second kappa shape index (κ2) is 6.32. The quantitative estimate of drug-likeness (QED) is 0.564. The number of nitrogens with two attached hydrogens (primary N) is 1. The van der Waals surface area contributed by atoms with Gasteiger partial charge in [0.25, 0.3) is 0 Å². The Morgan fingerprint density at radius 3 is 1.87 bits per heavy atom. The van der Waals surface area contributed by atoms with Gasteiger partial charge in [0.05, 0.1) is 13.2 Å². The second-order valence-corrected chi connectivity index (χ2v) is 3.51. The van der Waals surface area contributed by atoms with Gasteiger partial charge >= 0.3 is 7.25 Å². The lowest BCUT2D eigenvalue weighted by Crippen LogP contribution is -2.91. The van der Waals surface area contributed by atoms with Crippen molar-refractivity contribution in [3.05, 3.63) is 0 Å². The van der Waals surface area contributed by atoms with Crippen LogP contribution in [0, 0.1) is 0 Å². The van der Waals surface area contributed by atoms with Crippen molar-refractivity contribution in [3.63, 3.8) is 0 Å².